The van der Waals surface area contributed by atoms with Gasteiger partial charge >= 0.3 is 0 Å². The van der Waals surface area contributed by atoms with Crippen LogP contribution < -0.4 is 5.32 Å². The quantitative estimate of drug-likeness (QED) is 0.423. The Morgan fingerprint density at radius 1 is 1.57 bits per heavy atom. The monoisotopic (exact) mass is 435 g/mol. The zero-order valence-corrected chi connectivity index (χ0v) is 17.0. The van der Waals surface area contributed by atoms with Gasteiger partial charge in [-0.25, -0.2) is 4.98 Å². The second-order valence-electron chi connectivity index (χ2n) is 6.40. The van der Waals surface area contributed by atoms with Crippen molar-refractivity contribution in [2.24, 2.45) is 16.8 Å². The van der Waals surface area contributed by atoms with Crippen LogP contribution in [-0.2, 0) is 17.8 Å². The Kier molecular flexibility index (Phi) is 8.90. The van der Waals surface area contributed by atoms with Gasteiger partial charge in [0, 0.05) is 52.1 Å². The number of halogens is 1. The average molecular weight is 435 g/mol. The lowest BCUT2D eigenvalue weighted by Crippen LogP contribution is -2.41. The van der Waals surface area contributed by atoms with Crippen LogP contribution in [0.1, 0.15) is 26.1 Å². The molecule has 1 N–H and O–H groups in total. The molecule has 2 rings (SSSR count). The summed E-state index contributed by atoms with van der Waals surface area (Å²) in [5, 5.41) is 3.41. The van der Waals surface area contributed by atoms with Crippen LogP contribution >= 0.6 is 24.0 Å². The Morgan fingerprint density at radius 3 is 2.96 bits per heavy atom. The van der Waals surface area contributed by atoms with Crippen molar-refractivity contribution >= 4 is 29.9 Å². The van der Waals surface area contributed by atoms with E-state index in [1.54, 1.807) is 0 Å². The molecule has 7 heteroatoms. The number of hydrogen-bond donors (Lipinski definition) is 1. The Labute approximate surface area is 156 Å². The van der Waals surface area contributed by atoms with Gasteiger partial charge < -0.3 is 19.5 Å². The van der Waals surface area contributed by atoms with Gasteiger partial charge in [-0.1, -0.05) is 13.8 Å². The van der Waals surface area contributed by atoms with E-state index in [2.05, 4.69) is 45.7 Å². The predicted molar refractivity (Wildman–Crippen MR) is 104 cm³/mol. The minimum Gasteiger partial charge on any atom is -0.381 e. The SMILES string of the molecule is CN=C(NCc1nccn1CC(C)C)N(C)CC1CCOC1.I. The summed E-state index contributed by atoms with van der Waals surface area (Å²) in [5.41, 5.74) is 0. The van der Waals surface area contributed by atoms with Crippen molar-refractivity contribution < 1.29 is 4.74 Å². The molecule has 0 aliphatic carbocycles. The van der Waals surface area contributed by atoms with Crippen LogP contribution in [0, 0.1) is 11.8 Å². The van der Waals surface area contributed by atoms with Gasteiger partial charge in [0.1, 0.15) is 5.82 Å². The molecule has 1 fully saturated rings. The average Bonchev–Trinajstić information content (AvgIpc) is 3.11. The Balaban J connectivity index is 0.00000264. The van der Waals surface area contributed by atoms with Crippen LogP contribution in [0.4, 0.5) is 0 Å². The molecule has 0 aromatic carbocycles. The molecule has 6 nitrogen and oxygen atoms in total. The van der Waals surface area contributed by atoms with Gasteiger partial charge in [0.05, 0.1) is 13.2 Å². The van der Waals surface area contributed by atoms with Gasteiger partial charge in [-0.15, -0.1) is 24.0 Å². The highest BCUT2D eigenvalue weighted by molar-refractivity contribution is 14.0. The molecule has 1 saturated heterocycles. The molecule has 23 heavy (non-hydrogen) atoms. The fraction of sp³-hybridized carbons (Fsp3) is 0.750. The van der Waals surface area contributed by atoms with Gasteiger partial charge in [-0.3, -0.25) is 4.99 Å². The minimum absolute atomic E-state index is 0. The Morgan fingerprint density at radius 2 is 2.35 bits per heavy atom. The predicted octanol–water partition coefficient (Wildman–Crippen LogP) is 2.20. The first kappa shape index (κ1) is 20.2. The minimum atomic E-state index is 0. The van der Waals surface area contributed by atoms with E-state index < -0.39 is 0 Å². The largest absolute Gasteiger partial charge is 0.381 e. The van der Waals surface area contributed by atoms with E-state index in [0.29, 0.717) is 18.4 Å². The van der Waals surface area contributed by atoms with Crippen molar-refractivity contribution in [1.82, 2.24) is 19.8 Å². The first-order valence-electron chi connectivity index (χ1n) is 8.09. The molecule has 1 aromatic rings. The van der Waals surface area contributed by atoms with E-state index in [4.69, 9.17) is 4.74 Å². The summed E-state index contributed by atoms with van der Waals surface area (Å²) >= 11 is 0. The van der Waals surface area contributed by atoms with Gasteiger partial charge in [0.15, 0.2) is 5.96 Å². The number of imidazole rings is 1. The third kappa shape index (κ3) is 6.29. The normalized spacial score (nSPS) is 18.1. The molecule has 1 aliphatic rings. The summed E-state index contributed by atoms with van der Waals surface area (Å²) in [6.45, 7) is 8.83. The van der Waals surface area contributed by atoms with E-state index in [9.17, 15) is 0 Å². The van der Waals surface area contributed by atoms with Crippen LogP contribution in [0.3, 0.4) is 0 Å². The van der Waals surface area contributed by atoms with E-state index in [0.717, 1.165) is 44.5 Å². The molecular formula is C16H30IN5O. The highest BCUT2D eigenvalue weighted by atomic mass is 127. The zero-order valence-electron chi connectivity index (χ0n) is 14.7. The van der Waals surface area contributed by atoms with E-state index in [1.165, 1.54) is 0 Å². The summed E-state index contributed by atoms with van der Waals surface area (Å²) in [6.07, 6.45) is 5.04. The molecule has 2 heterocycles. The second-order valence-corrected chi connectivity index (χ2v) is 6.40. The summed E-state index contributed by atoms with van der Waals surface area (Å²) in [4.78, 5) is 11.0. The van der Waals surface area contributed by atoms with Gasteiger partial charge in [-0.2, -0.15) is 0 Å². The number of aromatic nitrogens is 2. The fourth-order valence-electron chi connectivity index (χ4n) is 2.81. The van der Waals surface area contributed by atoms with E-state index in [1.807, 2.05) is 19.4 Å². The molecule has 132 valence electrons. The van der Waals surface area contributed by atoms with Crippen molar-refractivity contribution in [3.05, 3.63) is 18.2 Å². The van der Waals surface area contributed by atoms with Crippen LogP contribution in [-0.4, -0.2) is 54.3 Å². The molecule has 0 saturated carbocycles. The third-order valence-electron chi connectivity index (χ3n) is 3.90. The molecular weight excluding hydrogens is 405 g/mol. The molecule has 1 aromatic heterocycles. The van der Waals surface area contributed by atoms with E-state index in [-0.39, 0.29) is 24.0 Å². The number of nitrogens with zero attached hydrogens (tertiary/aromatic N) is 4. The number of ether oxygens (including phenoxy) is 1. The number of rotatable bonds is 6. The maximum absolute atomic E-state index is 5.44. The van der Waals surface area contributed by atoms with Crippen LogP contribution in [0.15, 0.2) is 17.4 Å². The molecule has 0 radical (unpaired) electrons. The van der Waals surface area contributed by atoms with Crippen LogP contribution in [0.5, 0.6) is 0 Å². The van der Waals surface area contributed by atoms with Crippen molar-refractivity contribution in [3.63, 3.8) is 0 Å². The molecule has 0 spiro atoms. The maximum atomic E-state index is 5.44. The molecule has 1 aliphatic heterocycles. The van der Waals surface area contributed by atoms with Crippen molar-refractivity contribution in [1.29, 1.82) is 0 Å². The summed E-state index contributed by atoms with van der Waals surface area (Å²) < 4.78 is 7.65. The zero-order chi connectivity index (χ0) is 15.9. The van der Waals surface area contributed by atoms with Crippen molar-refractivity contribution in [2.45, 2.75) is 33.4 Å². The second kappa shape index (κ2) is 10.1. The van der Waals surface area contributed by atoms with Crippen molar-refractivity contribution in [2.75, 3.05) is 33.9 Å². The lowest BCUT2D eigenvalue weighted by molar-refractivity contribution is 0.181. The highest BCUT2D eigenvalue weighted by Gasteiger charge is 2.19. The Hall–Kier alpha value is -0.830. The smallest absolute Gasteiger partial charge is 0.193 e. The maximum Gasteiger partial charge on any atom is 0.193 e. The van der Waals surface area contributed by atoms with E-state index >= 15 is 0 Å². The number of nitrogens with one attached hydrogen (secondary N) is 1. The first-order chi connectivity index (χ1) is 10.6. The first-order valence-corrected chi connectivity index (χ1v) is 8.09. The van der Waals surface area contributed by atoms with Gasteiger partial charge in [0.25, 0.3) is 0 Å². The van der Waals surface area contributed by atoms with Gasteiger partial charge in [0.2, 0.25) is 0 Å². The van der Waals surface area contributed by atoms with Crippen LogP contribution in [0.25, 0.3) is 0 Å². The summed E-state index contributed by atoms with van der Waals surface area (Å²) in [7, 11) is 3.90. The number of hydrogen-bond acceptors (Lipinski definition) is 3. The molecule has 1 atom stereocenters. The van der Waals surface area contributed by atoms with Gasteiger partial charge in [-0.05, 0) is 12.3 Å². The topological polar surface area (TPSA) is 54.7 Å². The van der Waals surface area contributed by atoms with Crippen molar-refractivity contribution in [3.8, 4) is 0 Å². The highest BCUT2D eigenvalue weighted by Crippen LogP contribution is 2.13. The molecule has 1 unspecified atom stereocenters. The molecule has 0 bridgehead atoms. The fourth-order valence-corrected chi connectivity index (χ4v) is 2.81. The Bertz CT molecular complexity index is 483. The van der Waals surface area contributed by atoms with Crippen LogP contribution in [0.2, 0.25) is 0 Å². The summed E-state index contributed by atoms with van der Waals surface area (Å²) in [5.74, 6) is 3.17. The third-order valence-corrected chi connectivity index (χ3v) is 3.90. The molecule has 0 amide bonds. The summed E-state index contributed by atoms with van der Waals surface area (Å²) in [6, 6.07) is 0. The number of guanidine groups is 1. The lowest BCUT2D eigenvalue weighted by Gasteiger charge is -2.24. The number of aliphatic imine (C=N–C) groups is 1. The standard InChI is InChI=1S/C16H29N5O.HI/c1-13(2)10-21-7-6-18-15(21)9-19-16(17-3)20(4)11-14-5-8-22-12-14;/h6-7,13-14H,5,8-12H2,1-4H3,(H,17,19);1H. The lowest BCUT2D eigenvalue weighted by atomic mass is 10.1.